The number of likely N-dealkylation sites (tertiary alicyclic amines) is 1. The number of fused-ring (bicyclic) bond motifs is 4. The van der Waals surface area contributed by atoms with Crippen LogP contribution in [0.4, 0.5) is 0 Å². The SMILES string of the molecule is O=C(/C=C/c1ccc(Br)cc1)NC(=S)N1CC2C[C@H](C1)Cn1c2cccc1=O. The Balaban J connectivity index is 1.40. The molecule has 1 unspecified atom stereocenters. The molecule has 2 bridgehead atoms. The first-order valence-electron chi connectivity index (χ1n) is 9.23. The molecule has 1 aromatic carbocycles. The van der Waals surface area contributed by atoms with E-state index in [4.69, 9.17) is 12.2 Å². The molecular weight excluding hydrogens is 438 g/mol. The van der Waals surface area contributed by atoms with Gasteiger partial charge in [-0.15, -0.1) is 0 Å². The van der Waals surface area contributed by atoms with E-state index in [9.17, 15) is 9.59 Å². The van der Waals surface area contributed by atoms with Gasteiger partial charge in [-0.05, 0) is 54.4 Å². The van der Waals surface area contributed by atoms with Crippen molar-refractivity contribution in [2.24, 2.45) is 5.92 Å². The van der Waals surface area contributed by atoms with Gasteiger partial charge in [0.15, 0.2) is 5.11 Å². The number of amides is 1. The van der Waals surface area contributed by atoms with Gasteiger partial charge in [0.05, 0.1) is 0 Å². The molecule has 4 rings (SSSR count). The van der Waals surface area contributed by atoms with Crippen LogP contribution in [0.5, 0.6) is 0 Å². The van der Waals surface area contributed by atoms with Crippen LogP contribution < -0.4 is 10.9 Å². The fraction of sp³-hybridized carbons (Fsp3) is 0.286. The van der Waals surface area contributed by atoms with Crippen LogP contribution in [-0.4, -0.2) is 33.6 Å². The van der Waals surface area contributed by atoms with Gasteiger partial charge in [-0.1, -0.05) is 34.1 Å². The zero-order chi connectivity index (χ0) is 19.7. The minimum Gasteiger partial charge on any atom is -0.348 e. The molecule has 1 amide bonds. The van der Waals surface area contributed by atoms with Crippen molar-refractivity contribution >= 4 is 45.2 Å². The largest absolute Gasteiger partial charge is 0.348 e. The Morgan fingerprint density at radius 1 is 1.14 bits per heavy atom. The number of rotatable bonds is 2. The normalized spacial score (nSPS) is 20.7. The fourth-order valence-corrected chi connectivity index (χ4v) is 4.55. The summed E-state index contributed by atoms with van der Waals surface area (Å²) in [6, 6.07) is 13.2. The number of nitrogens with one attached hydrogen (secondary N) is 1. The monoisotopic (exact) mass is 457 g/mol. The molecule has 3 heterocycles. The van der Waals surface area contributed by atoms with E-state index in [1.54, 1.807) is 12.1 Å². The quantitative estimate of drug-likeness (QED) is 0.555. The number of carbonyl (C=O) groups is 1. The van der Waals surface area contributed by atoms with Crippen molar-refractivity contribution in [3.05, 3.63) is 74.6 Å². The van der Waals surface area contributed by atoms with Gasteiger partial charge >= 0.3 is 0 Å². The number of halogens is 1. The number of hydrogen-bond acceptors (Lipinski definition) is 3. The Morgan fingerprint density at radius 3 is 2.71 bits per heavy atom. The van der Waals surface area contributed by atoms with Gasteiger partial charge in [-0.2, -0.15) is 0 Å². The van der Waals surface area contributed by atoms with E-state index < -0.39 is 0 Å². The number of thiocarbonyl (C=S) groups is 1. The van der Waals surface area contributed by atoms with E-state index in [-0.39, 0.29) is 17.4 Å². The van der Waals surface area contributed by atoms with E-state index in [1.807, 2.05) is 41.0 Å². The minimum absolute atomic E-state index is 0.0645. The Kier molecular flexibility index (Phi) is 5.46. The van der Waals surface area contributed by atoms with Crippen molar-refractivity contribution in [3.8, 4) is 0 Å². The van der Waals surface area contributed by atoms with Crippen LogP contribution in [0.15, 0.2) is 57.8 Å². The highest BCUT2D eigenvalue weighted by molar-refractivity contribution is 9.10. The molecule has 1 N–H and O–H groups in total. The molecule has 2 aromatic rings. The lowest BCUT2D eigenvalue weighted by Gasteiger charge is -2.43. The molecule has 1 aromatic heterocycles. The molecule has 0 spiro atoms. The molecule has 5 nitrogen and oxygen atoms in total. The van der Waals surface area contributed by atoms with E-state index >= 15 is 0 Å². The first-order valence-corrected chi connectivity index (χ1v) is 10.4. The number of carbonyl (C=O) groups excluding carboxylic acids is 1. The van der Waals surface area contributed by atoms with E-state index in [1.165, 1.54) is 6.08 Å². The second-order valence-electron chi connectivity index (χ2n) is 7.28. The molecule has 0 radical (unpaired) electrons. The first kappa shape index (κ1) is 19.1. The molecule has 144 valence electrons. The van der Waals surface area contributed by atoms with Crippen LogP contribution in [-0.2, 0) is 11.3 Å². The summed E-state index contributed by atoms with van der Waals surface area (Å²) in [7, 11) is 0. The molecular formula is C21H20BrN3O2S. The highest BCUT2D eigenvalue weighted by Crippen LogP contribution is 2.34. The molecule has 0 aliphatic carbocycles. The van der Waals surface area contributed by atoms with Gasteiger partial charge in [0.2, 0.25) is 5.91 Å². The number of aromatic nitrogens is 1. The molecule has 2 atom stereocenters. The first-order chi connectivity index (χ1) is 13.5. The van der Waals surface area contributed by atoms with Gasteiger partial charge in [0.1, 0.15) is 0 Å². The topological polar surface area (TPSA) is 54.3 Å². The molecule has 0 saturated carbocycles. The second-order valence-corrected chi connectivity index (χ2v) is 8.58. The maximum absolute atomic E-state index is 12.3. The van der Waals surface area contributed by atoms with Gasteiger partial charge in [-0.25, -0.2) is 0 Å². The van der Waals surface area contributed by atoms with Gasteiger partial charge in [-0.3, -0.25) is 14.9 Å². The third-order valence-corrected chi connectivity index (χ3v) is 6.18. The van der Waals surface area contributed by atoms with E-state index in [2.05, 4.69) is 26.1 Å². The molecule has 28 heavy (non-hydrogen) atoms. The van der Waals surface area contributed by atoms with Crippen molar-refractivity contribution in [1.29, 1.82) is 0 Å². The van der Waals surface area contributed by atoms with Crippen LogP contribution in [0.3, 0.4) is 0 Å². The van der Waals surface area contributed by atoms with Gasteiger partial charge in [0, 0.05) is 47.9 Å². The summed E-state index contributed by atoms with van der Waals surface area (Å²) in [5.74, 6) is 0.384. The summed E-state index contributed by atoms with van der Waals surface area (Å²) in [6.07, 6.45) is 4.31. The van der Waals surface area contributed by atoms with Crippen molar-refractivity contribution in [2.45, 2.75) is 18.9 Å². The lowest BCUT2D eigenvalue weighted by atomic mass is 9.83. The molecule has 7 heteroatoms. The van der Waals surface area contributed by atoms with Crippen LogP contribution >= 0.6 is 28.1 Å². The fourth-order valence-electron chi connectivity index (χ4n) is 4.03. The Hall–Kier alpha value is -2.25. The summed E-state index contributed by atoms with van der Waals surface area (Å²) < 4.78 is 2.88. The summed E-state index contributed by atoms with van der Waals surface area (Å²) in [4.78, 5) is 26.4. The second kappa shape index (κ2) is 8.01. The number of piperidine rings is 1. The summed E-state index contributed by atoms with van der Waals surface area (Å²) in [6.45, 7) is 2.18. The highest BCUT2D eigenvalue weighted by atomic mass is 79.9. The summed E-state index contributed by atoms with van der Waals surface area (Å²) in [5.41, 5.74) is 2.08. The lowest BCUT2D eigenvalue weighted by molar-refractivity contribution is -0.115. The van der Waals surface area contributed by atoms with Crippen molar-refractivity contribution < 1.29 is 4.79 Å². The van der Waals surface area contributed by atoms with Crippen molar-refractivity contribution in [2.75, 3.05) is 13.1 Å². The number of benzene rings is 1. The Morgan fingerprint density at radius 2 is 1.93 bits per heavy atom. The maximum atomic E-state index is 12.3. The highest BCUT2D eigenvalue weighted by Gasteiger charge is 2.35. The molecule has 1 saturated heterocycles. The van der Waals surface area contributed by atoms with E-state index in [0.29, 0.717) is 17.6 Å². The zero-order valence-electron chi connectivity index (χ0n) is 15.2. The smallest absolute Gasteiger partial charge is 0.250 e. The summed E-state index contributed by atoms with van der Waals surface area (Å²) in [5, 5.41) is 3.26. The Labute approximate surface area is 177 Å². The van der Waals surface area contributed by atoms with Gasteiger partial charge < -0.3 is 9.47 Å². The average molecular weight is 458 g/mol. The molecule has 2 aliphatic heterocycles. The third-order valence-electron chi connectivity index (χ3n) is 5.29. The summed E-state index contributed by atoms with van der Waals surface area (Å²) >= 11 is 8.88. The molecule has 2 aliphatic rings. The minimum atomic E-state index is -0.236. The lowest BCUT2D eigenvalue weighted by Crippen LogP contribution is -2.52. The predicted octanol–water partition coefficient (Wildman–Crippen LogP) is 3.14. The number of nitrogens with zero attached hydrogens (tertiary/aromatic N) is 2. The van der Waals surface area contributed by atoms with Crippen LogP contribution in [0.1, 0.15) is 23.6 Å². The van der Waals surface area contributed by atoms with Crippen LogP contribution in [0.2, 0.25) is 0 Å². The van der Waals surface area contributed by atoms with Crippen LogP contribution in [0, 0.1) is 5.92 Å². The zero-order valence-corrected chi connectivity index (χ0v) is 17.6. The third kappa shape index (κ3) is 4.10. The van der Waals surface area contributed by atoms with Crippen molar-refractivity contribution in [1.82, 2.24) is 14.8 Å². The van der Waals surface area contributed by atoms with E-state index in [0.717, 1.165) is 35.2 Å². The van der Waals surface area contributed by atoms with Crippen LogP contribution in [0.25, 0.3) is 6.08 Å². The Bertz CT molecular complexity index is 999. The average Bonchev–Trinajstić information content (AvgIpc) is 2.68. The van der Waals surface area contributed by atoms with Crippen molar-refractivity contribution in [3.63, 3.8) is 0 Å². The number of hydrogen-bond donors (Lipinski definition) is 1. The number of pyridine rings is 1. The maximum Gasteiger partial charge on any atom is 0.250 e. The predicted molar refractivity (Wildman–Crippen MR) is 117 cm³/mol. The molecule has 1 fully saturated rings. The standard InChI is InChI=1S/C21H20BrN3O2S/c22-17-7-4-14(5-8-17)6-9-19(26)23-21(28)24-11-15-10-16(13-24)18-2-1-3-20(27)25(18)12-15/h1-9,15-16H,10-13H2,(H,23,26,28)/b9-6+/t15-,16?/m1/s1. The van der Waals surface area contributed by atoms with Gasteiger partial charge in [0.25, 0.3) is 5.56 Å².